The molecule has 0 radical (unpaired) electrons. The first kappa shape index (κ1) is 21.4. The van der Waals surface area contributed by atoms with Crippen LogP contribution in [0.4, 0.5) is 4.79 Å². The Kier molecular flexibility index (Phi) is 7.96. The number of nitrogens with one attached hydrogen (secondary N) is 2. The molecule has 1 unspecified atom stereocenters. The quantitative estimate of drug-likeness (QED) is 0.224. The van der Waals surface area contributed by atoms with Crippen LogP contribution in [0.3, 0.4) is 0 Å². The Labute approximate surface area is 170 Å². The molecule has 7 nitrogen and oxygen atoms in total. The highest BCUT2D eigenvalue weighted by molar-refractivity contribution is 8.03. The summed E-state index contributed by atoms with van der Waals surface area (Å²) >= 11 is 1.62. The van der Waals surface area contributed by atoms with Gasteiger partial charge in [0.1, 0.15) is 12.4 Å². The van der Waals surface area contributed by atoms with Gasteiger partial charge < -0.3 is 21.4 Å². The molecule has 2 amide bonds. The van der Waals surface area contributed by atoms with Crippen molar-refractivity contribution in [2.45, 2.75) is 38.3 Å². The number of carbonyl (C=O) groups excluding carboxylic acids is 1. The number of thioether (sulfide) groups is 1. The number of urea groups is 1. The summed E-state index contributed by atoms with van der Waals surface area (Å²) < 4.78 is 0. The van der Waals surface area contributed by atoms with E-state index in [-0.39, 0.29) is 24.5 Å². The Morgan fingerprint density at radius 1 is 1.39 bits per heavy atom. The monoisotopic (exact) mass is 398 g/mol. The third-order valence-electron chi connectivity index (χ3n) is 4.13. The van der Waals surface area contributed by atoms with E-state index < -0.39 is 0 Å². The second-order valence-corrected chi connectivity index (χ2v) is 7.70. The minimum absolute atomic E-state index is 0.0190. The summed E-state index contributed by atoms with van der Waals surface area (Å²) in [7, 11) is 0. The topological polar surface area (TPSA) is 107 Å². The van der Waals surface area contributed by atoms with Gasteiger partial charge in [0, 0.05) is 28.5 Å². The minimum atomic E-state index is -0.362. The molecule has 0 aromatic heterocycles. The molecule has 2 rings (SSSR count). The van der Waals surface area contributed by atoms with Crippen LogP contribution in [0.25, 0.3) is 0 Å². The zero-order valence-corrected chi connectivity index (χ0v) is 17.2. The third kappa shape index (κ3) is 5.79. The third-order valence-corrected chi connectivity index (χ3v) is 5.22. The molecular formula is C20H26N6OS. The van der Waals surface area contributed by atoms with E-state index in [4.69, 9.17) is 11.1 Å². The Balaban J connectivity index is 2.14. The standard InChI is InChI=1S/C20H26N6OS/c1-14(2)19(25-22)26-13-17(9-8-15(26)3)28-18-7-5-4-6-16(18)12-24-20(27)23-11-10-21/h4-9,13-15H,11-12,22H2,1-3H3,(H2,23,24,27)/b25-19-. The molecule has 0 saturated heterocycles. The fraction of sp³-hybridized carbons (Fsp3) is 0.350. The highest BCUT2D eigenvalue weighted by atomic mass is 32.2. The van der Waals surface area contributed by atoms with Crippen molar-refractivity contribution in [3.05, 3.63) is 53.1 Å². The molecule has 0 fully saturated rings. The number of amidine groups is 1. The van der Waals surface area contributed by atoms with Crippen molar-refractivity contribution < 1.29 is 4.79 Å². The van der Waals surface area contributed by atoms with Crippen LogP contribution in [0.1, 0.15) is 26.3 Å². The van der Waals surface area contributed by atoms with Crippen molar-refractivity contribution >= 4 is 23.6 Å². The SMILES string of the molecule is CC(C)/C(=N/N)N1C=C(Sc2ccccc2CNC(=O)NCC#N)C=CC1C. The van der Waals surface area contributed by atoms with Crippen molar-refractivity contribution in [3.8, 4) is 6.07 Å². The van der Waals surface area contributed by atoms with E-state index in [9.17, 15) is 4.79 Å². The van der Waals surface area contributed by atoms with Crippen LogP contribution in [-0.4, -0.2) is 29.4 Å². The number of nitriles is 1. The second kappa shape index (κ2) is 10.4. The lowest BCUT2D eigenvalue weighted by molar-refractivity contribution is 0.241. The molecule has 1 heterocycles. The predicted molar refractivity (Wildman–Crippen MR) is 113 cm³/mol. The van der Waals surface area contributed by atoms with Crippen LogP contribution < -0.4 is 16.5 Å². The van der Waals surface area contributed by atoms with Gasteiger partial charge in [-0.25, -0.2) is 4.79 Å². The van der Waals surface area contributed by atoms with Crippen LogP contribution in [0.2, 0.25) is 0 Å². The average molecular weight is 399 g/mol. The molecule has 1 atom stereocenters. The highest BCUT2D eigenvalue weighted by Gasteiger charge is 2.21. The zero-order chi connectivity index (χ0) is 20.5. The minimum Gasteiger partial charge on any atom is -0.334 e. The number of allylic oxidation sites excluding steroid dienone is 1. The van der Waals surface area contributed by atoms with Gasteiger partial charge in [-0.3, -0.25) is 0 Å². The van der Waals surface area contributed by atoms with E-state index in [2.05, 4.69) is 59.8 Å². The number of hydrogen-bond donors (Lipinski definition) is 3. The first-order valence-electron chi connectivity index (χ1n) is 9.06. The molecule has 4 N–H and O–H groups in total. The highest BCUT2D eigenvalue weighted by Crippen LogP contribution is 2.33. The molecule has 0 aliphatic carbocycles. The van der Waals surface area contributed by atoms with Crippen LogP contribution in [0.5, 0.6) is 0 Å². The van der Waals surface area contributed by atoms with E-state index >= 15 is 0 Å². The molecule has 1 aliphatic rings. The van der Waals surface area contributed by atoms with Gasteiger partial charge >= 0.3 is 6.03 Å². The van der Waals surface area contributed by atoms with Crippen molar-refractivity contribution in [1.29, 1.82) is 5.26 Å². The molecule has 0 spiro atoms. The maximum absolute atomic E-state index is 11.7. The average Bonchev–Trinajstić information content (AvgIpc) is 2.68. The summed E-state index contributed by atoms with van der Waals surface area (Å²) in [5.74, 6) is 6.66. The first-order valence-corrected chi connectivity index (χ1v) is 9.88. The van der Waals surface area contributed by atoms with E-state index in [0.29, 0.717) is 6.54 Å². The van der Waals surface area contributed by atoms with Gasteiger partial charge in [0.2, 0.25) is 0 Å². The number of benzene rings is 1. The number of amides is 2. The Bertz CT molecular complexity index is 824. The van der Waals surface area contributed by atoms with Crippen molar-refractivity contribution in [2.75, 3.05) is 6.54 Å². The molecule has 0 bridgehead atoms. The van der Waals surface area contributed by atoms with Gasteiger partial charge in [-0.2, -0.15) is 10.4 Å². The summed E-state index contributed by atoms with van der Waals surface area (Å²) in [6.07, 6.45) is 6.26. The van der Waals surface area contributed by atoms with Gasteiger partial charge in [-0.05, 0) is 24.6 Å². The molecule has 28 heavy (non-hydrogen) atoms. The van der Waals surface area contributed by atoms with E-state index in [1.165, 1.54) is 0 Å². The lowest BCUT2D eigenvalue weighted by atomic mass is 10.1. The molecule has 1 aromatic carbocycles. The molecule has 1 aromatic rings. The normalized spacial score (nSPS) is 16.5. The Morgan fingerprint density at radius 2 is 2.14 bits per heavy atom. The smallest absolute Gasteiger partial charge is 0.315 e. The summed E-state index contributed by atoms with van der Waals surface area (Å²) in [5.41, 5.74) is 0.996. The number of nitrogens with two attached hydrogens (primary N) is 1. The van der Waals surface area contributed by atoms with E-state index in [1.54, 1.807) is 11.8 Å². The van der Waals surface area contributed by atoms with Gasteiger partial charge in [0.05, 0.1) is 12.1 Å². The van der Waals surface area contributed by atoms with Crippen molar-refractivity contribution in [3.63, 3.8) is 0 Å². The number of carbonyl (C=O) groups is 1. The second-order valence-electron chi connectivity index (χ2n) is 6.58. The van der Waals surface area contributed by atoms with Gasteiger partial charge in [0.25, 0.3) is 0 Å². The Morgan fingerprint density at radius 3 is 2.82 bits per heavy atom. The number of nitrogens with zero attached hydrogens (tertiary/aromatic N) is 3. The molecular weight excluding hydrogens is 372 g/mol. The van der Waals surface area contributed by atoms with Gasteiger partial charge in [-0.15, -0.1) is 0 Å². The summed E-state index contributed by atoms with van der Waals surface area (Å²) in [5, 5.41) is 17.7. The largest absolute Gasteiger partial charge is 0.334 e. The number of rotatable bonds is 6. The van der Waals surface area contributed by atoms with Crippen LogP contribution in [-0.2, 0) is 6.54 Å². The van der Waals surface area contributed by atoms with Crippen LogP contribution in [0.15, 0.2) is 57.5 Å². The lowest BCUT2D eigenvalue weighted by Gasteiger charge is -2.31. The van der Waals surface area contributed by atoms with Crippen LogP contribution in [0, 0.1) is 17.2 Å². The molecule has 8 heteroatoms. The van der Waals surface area contributed by atoms with E-state index in [0.717, 1.165) is 21.2 Å². The zero-order valence-electron chi connectivity index (χ0n) is 16.3. The van der Waals surface area contributed by atoms with Gasteiger partial charge in [-0.1, -0.05) is 49.9 Å². The predicted octanol–water partition coefficient (Wildman–Crippen LogP) is 3.13. The first-order chi connectivity index (χ1) is 13.5. The maximum Gasteiger partial charge on any atom is 0.315 e. The molecule has 1 aliphatic heterocycles. The number of hydrogen-bond acceptors (Lipinski definition) is 5. The summed E-state index contributed by atoms with van der Waals surface area (Å²) in [4.78, 5) is 15.9. The summed E-state index contributed by atoms with van der Waals surface area (Å²) in [6.45, 7) is 6.58. The molecule has 0 saturated carbocycles. The van der Waals surface area contributed by atoms with Gasteiger partial charge in [0.15, 0.2) is 0 Å². The van der Waals surface area contributed by atoms with Crippen molar-refractivity contribution in [2.24, 2.45) is 16.9 Å². The van der Waals surface area contributed by atoms with Crippen molar-refractivity contribution in [1.82, 2.24) is 15.5 Å². The Hall–Kier alpha value is -2.92. The number of hydrazone groups is 1. The van der Waals surface area contributed by atoms with E-state index in [1.807, 2.05) is 30.3 Å². The lowest BCUT2D eigenvalue weighted by Crippen LogP contribution is -2.38. The van der Waals surface area contributed by atoms with Crippen LogP contribution >= 0.6 is 11.8 Å². The fourth-order valence-electron chi connectivity index (χ4n) is 2.71. The fourth-order valence-corrected chi connectivity index (χ4v) is 3.69. The maximum atomic E-state index is 11.7. The summed E-state index contributed by atoms with van der Waals surface area (Å²) in [6, 6.07) is 9.59. The molecule has 148 valence electrons.